The number of urea groups is 1. The normalized spacial score (nSPS) is 22.0. The third-order valence-electron chi connectivity index (χ3n) is 5.77. The number of nitrogens with zero attached hydrogens (tertiary/aromatic N) is 4. The summed E-state index contributed by atoms with van der Waals surface area (Å²) in [4.78, 5) is 42.6. The molecule has 0 aliphatic carbocycles. The average molecular weight is 432 g/mol. The quantitative estimate of drug-likeness (QED) is 0.627. The van der Waals surface area contributed by atoms with E-state index < -0.39 is 12.2 Å². The average Bonchev–Trinajstić information content (AvgIpc) is 2.75. The van der Waals surface area contributed by atoms with E-state index in [2.05, 4.69) is 5.32 Å². The van der Waals surface area contributed by atoms with Crippen molar-refractivity contribution in [1.29, 1.82) is 0 Å². The van der Waals surface area contributed by atoms with Gasteiger partial charge in [-0.05, 0) is 18.4 Å². The number of rotatable bonds is 8. The van der Waals surface area contributed by atoms with Crippen LogP contribution in [0.2, 0.25) is 0 Å². The summed E-state index contributed by atoms with van der Waals surface area (Å²) in [6.07, 6.45) is 1.52. The summed E-state index contributed by atoms with van der Waals surface area (Å²) in [7, 11) is 3.37. The molecule has 1 aromatic carbocycles. The maximum absolute atomic E-state index is 13.2. The summed E-state index contributed by atoms with van der Waals surface area (Å²) >= 11 is 0. The number of hydrogen-bond donors (Lipinski definition) is 1. The molecule has 3 rings (SSSR count). The Hall–Kier alpha value is -2.65. The van der Waals surface area contributed by atoms with E-state index in [0.717, 1.165) is 12.0 Å². The van der Waals surface area contributed by atoms with E-state index in [1.54, 1.807) is 34.0 Å². The van der Waals surface area contributed by atoms with Gasteiger partial charge in [0.25, 0.3) is 0 Å². The van der Waals surface area contributed by atoms with Crippen LogP contribution in [0.3, 0.4) is 0 Å². The number of carbonyl (C=O) groups excluding carboxylic acids is 3. The van der Waals surface area contributed by atoms with Crippen molar-refractivity contribution in [1.82, 2.24) is 25.1 Å². The second-order valence-corrected chi connectivity index (χ2v) is 8.02. The van der Waals surface area contributed by atoms with Crippen molar-refractivity contribution >= 4 is 17.8 Å². The number of piperazine rings is 1. The minimum Gasteiger partial charge on any atom is -0.385 e. The fraction of sp³-hybridized carbons (Fsp3) is 0.591. The number of amides is 4. The van der Waals surface area contributed by atoms with Gasteiger partial charge in [-0.25, -0.2) is 14.8 Å². The first-order valence-electron chi connectivity index (χ1n) is 10.9. The van der Waals surface area contributed by atoms with E-state index >= 15 is 0 Å². The summed E-state index contributed by atoms with van der Waals surface area (Å²) in [6, 6.07) is 8.85. The molecular formula is C22H33N5O4. The molecule has 2 heterocycles. The highest BCUT2D eigenvalue weighted by molar-refractivity contribution is 5.91. The summed E-state index contributed by atoms with van der Waals surface area (Å²) in [5, 5.41) is 6.19. The summed E-state index contributed by atoms with van der Waals surface area (Å²) in [5.41, 5.74) is 0.993. The first-order valence-corrected chi connectivity index (χ1v) is 10.9. The number of hydrogen-bond acceptors (Lipinski definition) is 5. The summed E-state index contributed by atoms with van der Waals surface area (Å²) in [5.74, 6) is -0.167. The Bertz CT molecular complexity index is 774. The lowest BCUT2D eigenvalue weighted by Crippen LogP contribution is -2.75. The van der Waals surface area contributed by atoms with Gasteiger partial charge in [-0.1, -0.05) is 43.7 Å². The van der Waals surface area contributed by atoms with Crippen molar-refractivity contribution in [2.45, 2.75) is 44.9 Å². The van der Waals surface area contributed by atoms with E-state index in [0.29, 0.717) is 32.5 Å². The van der Waals surface area contributed by atoms with Crippen LogP contribution in [0.4, 0.5) is 4.79 Å². The zero-order valence-electron chi connectivity index (χ0n) is 18.6. The number of fused-ring (bicyclic) bond motifs is 1. The van der Waals surface area contributed by atoms with Crippen molar-refractivity contribution in [3.05, 3.63) is 35.9 Å². The first kappa shape index (κ1) is 23.0. The number of carbonyl (C=O) groups is 3. The van der Waals surface area contributed by atoms with Gasteiger partial charge in [0.05, 0.1) is 13.1 Å². The molecule has 0 unspecified atom stereocenters. The molecule has 0 saturated carbocycles. The van der Waals surface area contributed by atoms with Gasteiger partial charge in [0.1, 0.15) is 12.2 Å². The van der Waals surface area contributed by atoms with Crippen LogP contribution in [-0.2, 0) is 20.9 Å². The number of nitrogens with one attached hydrogen (secondary N) is 1. The first-order chi connectivity index (χ1) is 15.0. The molecule has 0 spiro atoms. The van der Waals surface area contributed by atoms with Crippen molar-refractivity contribution in [3.63, 3.8) is 0 Å². The van der Waals surface area contributed by atoms with E-state index in [1.807, 2.05) is 37.3 Å². The van der Waals surface area contributed by atoms with E-state index in [9.17, 15) is 14.4 Å². The fourth-order valence-corrected chi connectivity index (χ4v) is 4.31. The van der Waals surface area contributed by atoms with Gasteiger partial charge in [0.15, 0.2) is 0 Å². The molecule has 2 atom stereocenters. The highest BCUT2D eigenvalue weighted by Gasteiger charge is 2.50. The lowest BCUT2D eigenvalue weighted by Gasteiger charge is -2.54. The van der Waals surface area contributed by atoms with Crippen LogP contribution in [-0.4, -0.2) is 90.3 Å². The number of likely N-dealkylation sites (N-methyl/N-ethyl adjacent to an activating group) is 1. The molecule has 2 saturated heterocycles. The van der Waals surface area contributed by atoms with Crippen LogP contribution in [0.15, 0.2) is 30.3 Å². The second kappa shape index (κ2) is 10.6. The molecule has 170 valence electrons. The topological polar surface area (TPSA) is 85.4 Å². The molecule has 1 N–H and O–H groups in total. The molecule has 2 aliphatic rings. The largest absolute Gasteiger partial charge is 0.385 e. The lowest BCUT2D eigenvalue weighted by molar-refractivity contribution is -0.187. The van der Waals surface area contributed by atoms with E-state index in [1.165, 1.54) is 0 Å². The van der Waals surface area contributed by atoms with Gasteiger partial charge in [-0.15, -0.1) is 0 Å². The van der Waals surface area contributed by atoms with Gasteiger partial charge >= 0.3 is 6.03 Å². The minimum absolute atomic E-state index is 0.0447. The minimum atomic E-state index is -0.545. The van der Waals surface area contributed by atoms with Crippen LogP contribution in [0.5, 0.6) is 0 Å². The Morgan fingerprint density at radius 1 is 1.23 bits per heavy atom. The van der Waals surface area contributed by atoms with Gasteiger partial charge in [-0.2, -0.15) is 0 Å². The monoisotopic (exact) mass is 431 g/mol. The van der Waals surface area contributed by atoms with Crippen LogP contribution < -0.4 is 5.32 Å². The van der Waals surface area contributed by atoms with Crippen LogP contribution >= 0.6 is 0 Å². The zero-order valence-corrected chi connectivity index (χ0v) is 18.6. The highest BCUT2D eigenvalue weighted by Crippen LogP contribution is 2.28. The number of hydrazine groups is 1. The van der Waals surface area contributed by atoms with Gasteiger partial charge in [0.2, 0.25) is 11.8 Å². The Morgan fingerprint density at radius 2 is 1.97 bits per heavy atom. The smallest absolute Gasteiger partial charge is 0.334 e. The molecule has 4 amide bonds. The predicted molar refractivity (Wildman–Crippen MR) is 116 cm³/mol. The second-order valence-electron chi connectivity index (χ2n) is 8.02. The Labute approximate surface area is 183 Å². The Morgan fingerprint density at radius 3 is 2.65 bits per heavy atom. The molecule has 9 heteroatoms. The van der Waals surface area contributed by atoms with E-state index in [-0.39, 0.29) is 30.9 Å². The molecule has 0 radical (unpaired) electrons. The van der Waals surface area contributed by atoms with Crippen molar-refractivity contribution in [2.75, 3.05) is 40.4 Å². The molecule has 0 bridgehead atoms. The maximum atomic E-state index is 13.2. The molecule has 2 aliphatic heterocycles. The standard InChI is InChI=1S/C22H33N5O4/c1-4-9-18-21(29)25(12-8-13-31-3)15-19-26(18)20(28)16-24(2)27(19)22(30)23-14-17-10-6-5-7-11-17/h5-7,10-11,18-19H,4,8-9,12-16H2,1-3H3,(H,23,30)/t18-,19-/m0/s1. The lowest BCUT2D eigenvalue weighted by atomic mass is 10.0. The summed E-state index contributed by atoms with van der Waals surface area (Å²) < 4.78 is 5.13. The zero-order chi connectivity index (χ0) is 22.4. The summed E-state index contributed by atoms with van der Waals surface area (Å²) in [6.45, 7) is 3.83. The number of benzene rings is 1. The third-order valence-corrected chi connectivity index (χ3v) is 5.77. The molecule has 9 nitrogen and oxygen atoms in total. The maximum Gasteiger partial charge on any atom is 0.334 e. The third kappa shape index (κ3) is 5.16. The fourth-order valence-electron chi connectivity index (χ4n) is 4.31. The molecule has 31 heavy (non-hydrogen) atoms. The van der Waals surface area contributed by atoms with Crippen LogP contribution in [0, 0.1) is 0 Å². The van der Waals surface area contributed by atoms with Crippen molar-refractivity contribution < 1.29 is 19.1 Å². The van der Waals surface area contributed by atoms with Gasteiger partial charge in [-0.3, -0.25) is 9.59 Å². The Kier molecular flexibility index (Phi) is 7.86. The van der Waals surface area contributed by atoms with Gasteiger partial charge < -0.3 is 19.9 Å². The number of ether oxygens (including phenoxy) is 1. The molecule has 1 aromatic rings. The predicted octanol–water partition coefficient (Wildman–Crippen LogP) is 1.26. The van der Waals surface area contributed by atoms with Crippen molar-refractivity contribution in [2.24, 2.45) is 0 Å². The number of methoxy groups -OCH3 is 1. The van der Waals surface area contributed by atoms with Crippen LogP contribution in [0.25, 0.3) is 0 Å². The van der Waals surface area contributed by atoms with Crippen LogP contribution in [0.1, 0.15) is 31.7 Å². The SMILES string of the molecule is CCC[C@H]1C(=O)N(CCCOC)C[C@H]2N1C(=O)CN(C)N2C(=O)NCc1ccccc1. The van der Waals surface area contributed by atoms with Crippen molar-refractivity contribution in [3.8, 4) is 0 Å². The van der Waals surface area contributed by atoms with Gasteiger partial charge in [0, 0.05) is 33.9 Å². The van der Waals surface area contributed by atoms with E-state index in [4.69, 9.17) is 4.74 Å². The molecule has 0 aromatic heterocycles. The molecule has 2 fully saturated rings. The Balaban J connectivity index is 1.81. The molecular weight excluding hydrogens is 398 g/mol. The highest BCUT2D eigenvalue weighted by atomic mass is 16.5.